The van der Waals surface area contributed by atoms with E-state index in [-0.39, 0.29) is 24.0 Å². The van der Waals surface area contributed by atoms with E-state index in [4.69, 9.17) is 9.26 Å². The number of benzene rings is 1. The first-order valence-electron chi connectivity index (χ1n) is 7.94. The number of nitrogens with zero attached hydrogens (tertiary/aromatic N) is 4. The Kier molecular flexibility index (Phi) is 4.97. The molecule has 0 fully saturated rings. The highest BCUT2D eigenvalue weighted by molar-refractivity contribution is 5.92. The Morgan fingerprint density at radius 1 is 1.42 bits per heavy atom. The average Bonchev–Trinajstić information content (AvgIpc) is 3.28. The number of aromatic nitrogens is 4. The molecule has 1 amide bonds. The first-order chi connectivity index (χ1) is 12.5. The molecule has 0 aliphatic rings. The minimum atomic E-state index is -0.452. The summed E-state index contributed by atoms with van der Waals surface area (Å²) in [6.07, 6.45) is 0. The van der Waals surface area contributed by atoms with Crippen molar-refractivity contribution in [3.8, 4) is 5.75 Å². The Morgan fingerprint density at radius 2 is 2.19 bits per heavy atom. The Balaban J connectivity index is 1.65. The summed E-state index contributed by atoms with van der Waals surface area (Å²) in [6, 6.07) is 7.25. The standard InChI is InChI=1S/C17H18FN5O3/c1-10(16-19-11(2)22-26-16)23(3)17(24)14-8-12(20-21-14)9-25-15-7-5-4-6-13(15)18/h4-8,10H,9H2,1-3H3,(H,20,21)/t10-/m0/s1. The maximum absolute atomic E-state index is 13.6. The van der Waals surface area contributed by atoms with E-state index in [1.54, 1.807) is 39.1 Å². The molecule has 1 N–H and O–H groups in total. The number of halogens is 1. The molecular weight excluding hydrogens is 341 g/mol. The number of amides is 1. The van der Waals surface area contributed by atoms with Crippen LogP contribution in [0.15, 0.2) is 34.9 Å². The summed E-state index contributed by atoms with van der Waals surface area (Å²) in [6.45, 7) is 3.54. The van der Waals surface area contributed by atoms with E-state index in [1.165, 1.54) is 17.0 Å². The van der Waals surface area contributed by atoms with Crippen molar-refractivity contribution < 1.29 is 18.4 Å². The molecule has 0 radical (unpaired) electrons. The molecule has 2 heterocycles. The van der Waals surface area contributed by atoms with Gasteiger partial charge in [-0.3, -0.25) is 9.89 Å². The molecule has 1 aromatic carbocycles. The molecule has 0 spiro atoms. The number of hydrogen-bond donors (Lipinski definition) is 1. The lowest BCUT2D eigenvalue weighted by atomic mass is 10.2. The molecule has 3 aromatic rings. The summed E-state index contributed by atoms with van der Waals surface area (Å²) in [7, 11) is 1.62. The van der Waals surface area contributed by atoms with Gasteiger partial charge in [0.05, 0.1) is 5.69 Å². The lowest BCUT2D eigenvalue weighted by Gasteiger charge is -2.20. The van der Waals surface area contributed by atoms with Crippen LogP contribution in [0.1, 0.15) is 40.9 Å². The van der Waals surface area contributed by atoms with Crippen molar-refractivity contribution in [2.75, 3.05) is 7.05 Å². The van der Waals surface area contributed by atoms with Gasteiger partial charge in [-0.25, -0.2) is 4.39 Å². The number of rotatable bonds is 6. The van der Waals surface area contributed by atoms with E-state index in [0.29, 0.717) is 17.4 Å². The van der Waals surface area contributed by atoms with Crippen molar-refractivity contribution in [3.63, 3.8) is 0 Å². The first-order valence-corrected chi connectivity index (χ1v) is 7.94. The number of aromatic amines is 1. The number of ether oxygens (including phenoxy) is 1. The second-order valence-corrected chi connectivity index (χ2v) is 5.77. The molecule has 136 valence electrons. The molecule has 0 saturated carbocycles. The van der Waals surface area contributed by atoms with Crippen molar-refractivity contribution in [1.29, 1.82) is 0 Å². The Hall–Kier alpha value is -3.23. The van der Waals surface area contributed by atoms with Gasteiger partial charge in [0.15, 0.2) is 23.1 Å². The zero-order chi connectivity index (χ0) is 18.7. The van der Waals surface area contributed by atoms with Gasteiger partial charge in [0.2, 0.25) is 5.89 Å². The van der Waals surface area contributed by atoms with Crippen LogP contribution in [0.3, 0.4) is 0 Å². The summed E-state index contributed by atoms with van der Waals surface area (Å²) in [5.74, 6) is 0.206. The van der Waals surface area contributed by atoms with Gasteiger partial charge in [0.25, 0.3) is 5.91 Å². The van der Waals surface area contributed by atoms with E-state index >= 15 is 0 Å². The van der Waals surface area contributed by atoms with Crippen LogP contribution < -0.4 is 4.74 Å². The number of nitrogens with one attached hydrogen (secondary N) is 1. The maximum Gasteiger partial charge on any atom is 0.274 e. The normalized spacial score (nSPS) is 12.0. The highest BCUT2D eigenvalue weighted by Gasteiger charge is 2.25. The lowest BCUT2D eigenvalue weighted by Crippen LogP contribution is -2.30. The minimum Gasteiger partial charge on any atom is -0.484 e. The summed E-state index contributed by atoms with van der Waals surface area (Å²) in [5.41, 5.74) is 0.758. The lowest BCUT2D eigenvalue weighted by molar-refractivity contribution is 0.0710. The third kappa shape index (κ3) is 3.71. The molecule has 0 aliphatic carbocycles. The maximum atomic E-state index is 13.6. The second kappa shape index (κ2) is 7.34. The van der Waals surface area contributed by atoms with Gasteiger partial charge in [0, 0.05) is 7.05 Å². The number of para-hydroxylation sites is 1. The predicted molar refractivity (Wildman–Crippen MR) is 88.9 cm³/mol. The van der Waals surface area contributed by atoms with Gasteiger partial charge >= 0.3 is 0 Å². The van der Waals surface area contributed by atoms with Gasteiger partial charge in [-0.1, -0.05) is 17.3 Å². The van der Waals surface area contributed by atoms with Crippen LogP contribution in [0.5, 0.6) is 5.75 Å². The van der Waals surface area contributed by atoms with Crippen LogP contribution in [-0.2, 0) is 6.61 Å². The largest absolute Gasteiger partial charge is 0.484 e. The van der Waals surface area contributed by atoms with Gasteiger partial charge in [0.1, 0.15) is 12.6 Å². The zero-order valence-electron chi connectivity index (χ0n) is 14.6. The summed E-state index contributed by atoms with van der Waals surface area (Å²) < 4.78 is 24.0. The van der Waals surface area contributed by atoms with Gasteiger partial charge in [-0.05, 0) is 32.0 Å². The van der Waals surface area contributed by atoms with Crippen LogP contribution in [0.25, 0.3) is 0 Å². The third-order valence-electron chi connectivity index (χ3n) is 3.87. The smallest absolute Gasteiger partial charge is 0.274 e. The van der Waals surface area contributed by atoms with Crippen LogP contribution in [0.4, 0.5) is 4.39 Å². The van der Waals surface area contributed by atoms with Crippen molar-refractivity contribution in [2.45, 2.75) is 26.5 Å². The van der Waals surface area contributed by atoms with Crippen molar-refractivity contribution >= 4 is 5.91 Å². The van der Waals surface area contributed by atoms with Crippen molar-refractivity contribution in [3.05, 3.63) is 59.3 Å². The zero-order valence-corrected chi connectivity index (χ0v) is 14.6. The van der Waals surface area contributed by atoms with Gasteiger partial charge in [-0.2, -0.15) is 10.1 Å². The molecule has 26 heavy (non-hydrogen) atoms. The predicted octanol–water partition coefficient (Wildman–Crippen LogP) is 2.65. The number of carbonyl (C=O) groups is 1. The van der Waals surface area contributed by atoms with Crippen molar-refractivity contribution in [1.82, 2.24) is 25.2 Å². The topological polar surface area (TPSA) is 97.1 Å². The molecule has 0 aliphatic heterocycles. The number of H-pyrrole nitrogens is 1. The monoisotopic (exact) mass is 359 g/mol. The highest BCUT2D eigenvalue weighted by Crippen LogP contribution is 2.20. The molecule has 0 bridgehead atoms. The fourth-order valence-corrected chi connectivity index (χ4v) is 2.27. The molecule has 9 heteroatoms. The van der Waals surface area contributed by atoms with E-state index in [2.05, 4.69) is 20.3 Å². The molecule has 0 unspecified atom stereocenters. The average molecular weight is 359 g/mol. The summed E-state index contributed by atoms with van der Waals surface area (Å²) >= 11 is 0. The van der Waals surface area contributed by atoms with E-state index in [1.807, 2.05) is 0 Å². The van der Waals surface area contributed by atoms with Crippen LogP contribution >= 0.6 is 0 Å². The molecule has 2 aromatic heterocycles. The molecule has 8 nitrogen and oxygen atoms in total. The van der Waals surface area contributed by atoms with Crippen LogP contribution in [0.2, 0.25) is 0 Å². The molecule has 3 rings (SSSR count). The van der Waals surface area contributed by atoms with Crippen LogP contribution in [0, 0.1) is 12.7 Å². The first kappa shape index (κ1) is 17.6. The molecular formula is C17H18FN5O3. The van der Waals surface area contributed by atoms with Crippen molar-refractivity contribution in [2.24, 2.45) is 0 Å². The van der Waals surface area contributed by atoms with E-state index in [0.717, 1.165) is 0 Å². The van der Waals surface area contributed by atoms with E-state index < -0.39 is 11.9 Å². The molecule has 0 saturated heterocycles. The second-order valence-electron chi connectivity index (χ2n) is 5.77. The minimum absolute atomic E-state index is 0.0589. The highest BCUT2D eigenvalue weighted by atomic mass is 19.1. The van der Waals surface area contributed by atoms with Gasteiger partial charge < -0.3 is 14.2 Å². The molecule has 1 atom stereocenters. The Morgan fingerprint density at radius 3 is 2.88 bits per heavy atom. The number of carbonyl (C=O) groups excluding carboxylic acids is 1. The SMILES string of the molecule is Cc1noc([C@H](C)N(C)C(=O)c2cc(COc3ccccc3F)[nH]n2)n1. The van der Waals surface area contributed by atoms with Gasteiger partial charge in [-0.15, -0.1) is 0 Å². The fraction of sp³-hybridized carbons (Fsp3) is 0.294. The van der Waals surface area contributed by atoms with E-state index in [9.17, 15) is 9.18 Å². The summed E-state index contributed by atoms with van der Waals surface area (Å²) in [5, 5.41) is 10.4. The quantitative estimate of drug-likeness (QED) is 0.727. The Labute approximate surface area is 149 Å². The Bertz CT molecular complexity index is 907. The summed E-state index contributed by atoms with van der Waals surface area (Å²) in [4.78, 5) is 18.1. The number of hydrogen-bond acceptors (Lipinski definition) is 6. The number of aryl methyl sites for hydroxylation is 1. The van der Waals surface area contributed by atoms with Crippen LogP contribution in [-0.4, -0.2) is 38.2 Å². The third-order valence-corrected chi connectivity index (χ3v) is 3.87. The fourth-order valence-electron chi connectivity index (χ4n) is 2.27.